The van der Waals surface area contributed by atoms with Crippen molar-refractivity contribution >= 4 is 21.6 Å². The minimum Gasteiger partial charge on any atom is -0.326 e. The van der Waals surface area contributed by atoms with Crippen molar-refractivity contribution in [2.45, 2.75) is 18.7 Å². The zero-order valence-corrected chi connectivity index (χ0v) is 15.2. The lowest BCUT2D eigenvalue weighted by atomic mass is 10.1. The molecule has 1 amide bonds. The Hall–Kier alpha value is -2.62. The monoisotopic (exact) mass is 356 g/mol. The van der Waals surface area contributed by atoms with Crippen LogP contribution in [0.25, 0.3) is 11.1 Å². The van der Waals surface area contributed by atoms with Gasteiger partial charge < -0.3 is 5.32 Å². The molecular formula is C19H20N2O3S. The largest absolute Gasteiger partial charge is 0.326 e. The number of amides is 1. The molecular weight excluding hydrogens is 336 g/mol. The second-order valence-electron chi connectivity index (χ2n) is 5.47. The van der Waals surface area contributed by atoms with Gasteiger partial charge in [0.05, 0.1) is 11.4 Å². The zero-order chi connectivity index (χ0) is 18.4. The molecule has 0 saturated heterocycles. The van der Waals surface area contributed by atoms with Crippen LogP contribution in [0, 0.1) is 11.8 Å². The normalized spacial score (nSPS) is 10.9. The van der Waals surface area contributed by atoms with Gasteiger partial charge >= 0.3 is 0 Å². The molecule has 2 aromatic carbocycles. The lowest BCUT2D eigenvalue weighted by Crippen LogP contribution is -2.27. The number of sulfonamides is 1. The number of anilines is 1. The standard InChI is InChI=1S/C19H20N2O3S/c1-4-5-14-21(3)25(23,24)19-12-8-17(9-13-19)16-6-10-18(11-7-16)20-15(2)22/h6-13H,14H2,1-3H3,(H,20,22). The number of carbonyl (C=O) groups excluding carboxylic acids is 1. The van der Waals surface area contributed by atoms with Crippen molar-refractivity contribution < 1.29 is 13.2 Å². The van der Waals surface area contributed by atoms with E-state index < -0.39 is 10.0 Å². The van der Waals surface area contributed by atoms with Crippen LogP contribution in [0.5, 0.6) is 0 Å². The first-order valence-electron chi connectivity index (χ1n) is 7.68. The highest BCUT2D eigenvalue weighted by atomic mass is 32.2. The number of nitrogens with zero attached hydrogens (tertiary/aromatic N) is 1. The summed E-state index contributed by atoms with van der Waals surface area (Å²) < 4.78 is 26.1. The van der Waals surface area contributed by atoms with Gasteiger partial charge in [0, 0.05) is 19.7 Å². The van der Waals surface area contributed by atoms with E-state index in [2.05, 4.69) is 17.2 Å². The van der Waals surface area contributed by atoms with Crippen LogP contribution < -0.4 is 5.32 Å². The molecule has 0 aliphatic heterocycles. The third-order valence-electron chi connectivity index (χ3n) is 3.58. The van der Waals surface area contributed by atoms with Crippen LogP contribution in [0.4, 0.5) is 5.69 Å². The summed E-state index contributed by atoms with van der Waals surface area (Å²) in [4.78, 5) is 11.3. The van der Waals surface area contributed by atoms with E-state index in [4.69, 9.17) is 0 Å². The van der Waals surface area contributed by atoms with Gasteiger partial charge in [-0.25, -0.2) is 8.42 Å². The molecule has 130 valence electrons. The lowest BCUT2D eigenvalue weighted by molar-refractivity contribution is -0.114. The summed E-state index contributed by atoms with van der Waals surface area (Å²) in [7, 11) is -2.04. The third-order valence-corrected chi connectivity index (χ3v) is 5.40. The van der Waals surface area contributed by atoms with E-state index in [9.17, 15) is 13.2 Å². The van der Waals surface area contributed by atoms with Crippen LogP contribution in [0.3, 0.4) is 0 Å². The Morgan fingerprint density at radius 3 is 2.04 bits per heavy atom. The molecule has 2 rings (SSSR count). The number of hydrogen-bond acceptors (Lipinski definition) is 3. The molecule has 0 unspecified atom stereocenters. The Bertz CT molecular complexity index is 906. The first-order chi connectivity index (χ1) is 11.8. The first kappa shape index (κ1) is 18.7. The summed E-state index contributed by atoms with van der Waals surface area (Å²) in [5.74, 6) is 5.31. The van der Waals surface area contributed by atoms with Crippen LogP contribution in [-0.2, 0) is 14.8 Å². The molecule has 0 heterocycles. The van der Waals surface area contributed by atoms with Gasteiger partial charge in [-0.1, -0.05) is 30.2 Å². The van der Waals surface area contributed by atoms with E-state index in [-0.39, 0.29) is 17.3 Å². The van der Waals surface area contributed by atoms with Gasteiger partial charge in [-0.2, -0.15) is 4.31 Å². The molecule has 25 heavy (non-hydrogen) atoms. The Morgan fingerprint density at radius 1 is 1.04 bits per heavy atom. The zero-order valence-electron chi connectivity index (χ0n) is 14.4. The Kier molecular flexibility index (Phi) is 5.97. The minimum atomic E-state index is -3.55. The van der Waals surface area contributed by atoms with Crippen molar-refractivity contribution in [3.63, 3.8) is 0 Å². The maximum Gasteiger partial charge on any atom is 0.243 e. The van der Waals surface area contributed by atoms with Gasteiger partial charge in [-0.15, -0.1) is 5.92 Å². The molecule has 0 spiro atoms. The van der Waals surface area contributed by atoms with Gasteiger partial charge in [-0.3, -0.25) is 4.79 Å². The molecule has 0 aromatic heterocycles. The molecule has 0 atom stereocenters. The van der Waals surface area contributed by atoms with E-state index in [1.54, 1.807) is 43.3 Å². The highest BCUT2D eigenvalue weighted by Crippen LogP contribution is 2.24. The fraction of sp³-hybridized carbons (Fsp3) is 0.211. The predicted octanol–water partition coefficient (Wildman–Crippen LogP) is 2.96. The Labute approximate surface area is 148 Å². The molecule has 6 heteroatoms. The van der Waals surface area contributed by atoms with Crippen LogP contribution >= 0.6 is 0 Å². The van der Waals surface area contributed by atoms with E-state index in [1.807, 2.05) is 12.1 Å². The average Bonchev–Trinajstić information content (AvgIpc) is 2.60. The van der Waals surface area contributed by atoms with E-state index in [0.717, 1.165) is 11.1 Å². The van der Waals surface area contributed by atoms with E-state index in [1.165, 1.54) is 18.3 Å². The van der Waals surface area contributed by atoms with E-state index >= 15 is 0 Å². The van der Waals surface area contributed by atoms with Gasteiger partial charge in [0.1, 0.15) is 0 Å². The topological polar surface area (TPSA) is 66.5 Å². The smallest absolute Gasteiger partial charge is 0.243 e. The number of nitrogens with one attached hydrogen (secondary N) is 1. The van der Waals surface area contributed by atoms with Crippen LogP contribution in [0.15, 0.2) is 53.4 Å². The molecule has 0 saturated carbocycles. The maximum absolute atomic E-state index is 12.5. The lowest BCUT2D eigenvalue weighted by Gasteiger charge is -2.14. The molecule has 2 aromatic rings. The molecule has 0 radical (unpaired) electrons. The summed E-state index contributed by atoms with van der Waals surface area (Å²) in [6.45, 7) is 3.29. The Balaban J connectivity index is 2.21. The van der Waals surface area contributed by atoms with Crippen LogP contribution in [0.1, 0.15) is 13.8 Å². The highest BCUT2D eigenvalue weighted by molar-refractivity contribution is 7.89. The second kappa shape index (κ2) is 7.97. The molecule has 0 aliphatic rings. The van der Waals surface area contributed by atoms with Crippen molar-refractivity contribution in [1.29, 1.82) is 0 Å². The average molecular weight is 356 g/mol. The molecule has 0 fully saturated rings. The van der Waals surface area contributed by atoms with Gasteiger partial charge in [0.25, 0.3) is 0 Å². The molecule has 0 bridgehead atoms. The second-order valence-corrected chi connectivity index (χ2v) is 7.52. The fourth-order valence-corrected chi connectivity index (χ4v) is 3.30. The van der Waals surface area contributed by atoms with Crippen molar-refractivity contribution in [1.82, 2.24) is 4.31 Å². The van der Waals surface area contributed by atoms with Crippen molar-refractivity contribution in [2.75, 3.05) is 18.9 Å². The van der Waals surface area contributed by atoms with Crippen molar-refractivity contribution in [2.24, 2.45) is 0 Å². The number of hydrogen-bond donors (Lipinski definition) is 1. The first-order valence-corrected chi connectivity index (χ1v) is 9.12. The summed E-state index contributed by atoms with van der Waals surface area (Å²) in [5.41, 5.74) is 2.54. The minimum absolute atomic E-state index is 0.126. The highest BCUT2D eigenvalue weighted by Gasteiger charge is 2.19. The quantitative estimate of drug-likeness (QED) is 0.838. The maximum atomic E-state index is 12.5. The molecule has 0 aliphatic carbocycles. The Morgan fingerprint density at radius 2 is 1.56 bits per heavy atom. The van der Waals surface area contributed by atoms with Gasteiger partial charge in [0.15, 0.2) is 0 Å². The van der Waals surface area contributed by atoms with Crippen LogP contribution in [-0.4, -0.2) is 32.2 Å². The SMILES string of the molecule is CC#CCN(C)S(=O)(=O)c1ccc(-c2ccc(NC(C)=O)cc2)cc1. The number of benzene rings is 2. The fourth-order valence-electron chi connectivity index (χ4n) is 2.22. The van der Waals surface area contributed by atoms with Crippen molar-refractivity contribution in [3.8, 4) is 23.0 Å². The molecule has 1 N–H and O–H groups in total. The predicted molar refractivity (Wildman–Crippen MR) is 99.4 cm³/mol. The number of carbonyl (C=O) groups is 1. The van der Waals surface area contributed by atoms with Gasteiger partial charge in [-0.05, 0) is 42.3 Å². The molecule has 5 nitrogen and oxygen atoms in total. The van der Waals surface area contributed by atoms with Crippen molar-refractivity contribution in [3.05, 3.63) is 48.5 Å². The summed E-state index contributed by atoms with van der Waals surface area (Å²) in [5, 5.41) is 2.71. The summed E-state index contributed by atoms with van der Waals surface area (Å²) in [6, 6.07) is 14.1. The van der Waals surface area contributed by atoms with E-state index in [0.29, 0.717) is 5.69 Å². The summed E-state index contributed by atoms with van der Waals surface area (Å²) in [6.07, 6.45) is 0. The number of rotatable bonds is 5. The summed E-state index contributed by atoms with van der Waals surface area (Å²) >= 11 is 0. The third kappa shape index (κ3) is 4.69. The van der Waals surface area contributed by atoms with Gasteiger partial charge in [0.2, 0.25) is 15.9 Å². The van der Waals surface area contributed by atoms with Crippen LogP contribution in [0.2, 0.25) is 0 Å².